The summed E-state index contributed by atoms with van der Waals surface area (Å²) >= 11 is 3.27. The molecular weight excluding hydrogens is 338 g/mol. The lowest BCUT2D eigenvalue weighted by atomic mass is 10.1. The zero-order valence-corrected chi connectivity index (χ0v) is 12.7. The highest BCUT2D eigenvalue weighted by Gasteiger charge is 2.13. The van der Waals surface area contributed by atoms with Crippen molar-refractivity contribution in [2.45, 2.75) is 0 Å². The number of carboxylic acid groups (broad SMARTS) is 1. The van der Waals surface area contributed by atoms with Crippen LogP contribution < -0.4 is 10.2 Å². The number of hydrogen-bond donors (Lipinski definition) is 2. The van der Waals surface area contributed by atoms with Crippen molar-refractivity contribution in [2.24, 2.45) is 5.10 Å². The lowest BCUT2D eigenvalue weighted by molar-refractivity contribution is -0.129. The van der Waals surface area contributed by atoms with E-state index in [2.05, 4.69) is 31.4 Å². The standard InChI is InChI=1S/C14H12BrN3O3/c1-21-11-4-2-3-9(7-11)13(14(19)20)18-17-12-6-5-10(15)8-16-12/h2-8H,1H3,(H,16,17)(H,19,20)/b18-13+. The van der Waals surface area contributed by atoms with E-state index in [4.69, 9.17) is 4.74 Å². The molecule has 0 radical (unpaired) electrons. The molecule has 108 valence electrons. The van der Waals surface area contributed by atoms with Gasteiger partial charge in [0.05, 0.1) is 7.11 Å². The van der Waals surface area contributed by atoms with Crippen LogP contribution in [-0.4, -0.2) is 28.9 Å². The Morgan fingerprint density at radius 3 is 2.81 bits per heavy atom. The number of anilines is 1. The summed E-state index contributed by atoms with van der Waals surface area (Å²) in [6.07, 6.45) is 1.59. The summed E-state index contributed by atoms with van der Waals surface area (Å²) < 4.78 is 5.90. The highest BCUT2D eigenvalue weighted by molar-refractivity contribution is 9.10. The van der Waals surface area contributed by atoms with Gasteiger partial charge < -0.3 is 9.84 Å². The average Bonchev–Trinajstić information content (AvgIpc) is 2.49. The highest BCUT2D eigenvalue weighted by atomic mass is 79.9. The van der Waals surface area contributed by atoms with Gasteiger partial charge in [0.1, 0.15) is 11.6 Å². The van der Waals surface area contributed by atoms with Crippen molar-refractivity contribution in [1.82, 2.24) is 4.98 Å². The smallest absolute Gasteiger partial charge is 0.356 e. The van der Waals surface area contributed by atoms with Gasteiger partial charge in [-0.2, -0.15) is 5.10 Å². The normalized spacial score (nSPS) is 11.0. The van der Waals surface area contributed by atoms with E-state index in [1.807, 2.05) is 0 Å². The van der Waals surface area contributed by atoms with Crippen LogP contribution in [-0.2, 0) is 4.79 Å². The number of aromatic nitrogens is 1. The molecule has 1 aromatic carbocycles. The number of methoxy groups -OCH3 is 1. The van der Waals surface area contributed by atoms with Gasteiger partial charge in [-0.15, -0.1) is 0 Å². The van der Waals surface area contributed by atoms with E-state index in [-0.39, 0.29) is 5.71 Å². The maximum absolute atomic E-state index is 11.3. The minimum absolute atomic E-state index is 0.126. The molecule has 0 aliphatic heterocycles. The number of aliphatic carboxylic acids is 1. The third-order valence-electron chi connectivity index (χ3n) is 2.56. The molecule has 6 nitrogen and oxygen atoms in total. The van der Waals surface area contributed by atoms with Gasteiger partial charge in [0.25, 0.3) is 0 Å². The molecule has 0 aliphatic carbocycles. The predicted octanol–water partition coefficient (Wildman–Crippen LogP) is 2.75. The van der Waals surface area contributed by atoms with Crippen molar-refractivity contribution in [1.29, 1.82) is 0 Å². The van der Waals surface area contributed by atoms with Gasteiger partial charge in [0.2, 0.25) is 0 Å². The third kappa shape index (κ3) is 4.03. The van der Waals surface area contributed by atoms with Gasteiger partial charge in [-0.05, 0) is 40.2 Å². The van der Waals surface area contributed by atoms with E-state index in [1.165, 1.54) is 7.11 Å². The van der Waals surface area contributed by atoms with Crippen LogP contribution in [0.15, 0.2) is 52.2 Å². The molecule has 1 heterocycles. The lowest BCUT2D eigenvalue weighted by Crippen LogP contribution is -2.16. The zero-order valence-electron chi connectivity index (χ0n) is 11.1. The van der Waals surface area contributed by atoms with Gasteiger partial charge in [-0.25, -0.2) is 9.78 Å². The summed E-state index contributed by atoms with van der Waals surface area (Å²) in [6, 6.07) is 10.1. The van der Waals surface area contributed by atoms with Crippen molar-refractivity contribution in [3.8, 4) is 5.75 Å². The molecular formula is C14H12BrN3O3. The predicted molar refractivity (Wildman–Crippen MR) is 82.7 cm³/mol. The summed E-state index contributed by atoms with van der Waals surface area (Å²) in [4.78, 5) is 15.4. The summed E-state index contributed by atoms with van der Waals surface area (Å²) in [5.41, 5.74) is 2.93. The number of nitrogens with zero attached hydrogens (tertiary/aromatic N) is 2. The molecule has 0 spiro atoms. The Morgan fingerprint density at radius 2 is 2.19 bits per heavy atom. The molecule has 0 amide bonds. The molecule has 0 aliphatic rings. The van der Waals surface area contributed by atoms with E-state index in [0.29, 0.717) is 17.1 Å². The number of carbonyl (C=O) groups is 1. The molecule has 21 heavy (non-hydrogen) atoms. The first-order chi connectivity index (χ1) is 10.1. The van der Waals surface area contributed by atoms with Crippen LogP contribution in [0.25, 0.3) is 0 Å². The van der Waals surface area contributed by atoms with Gasteiger partial charge in [0, 0.05) is 16.2 Å². The van der Waals surface area contributed by atoms with Crippen LogP contribution in [0.1, 0.15) is 5.56 Å². The quantitative estimate of drug-likeness (QED) is 0.640. The van der Waals surface area contributed by atoms with E-state index in [1.54, 1.807) is 42.6 Å². The Kier molecular flexibility index (Phi) is 4.89. The number of halogens is 1. The molecule has 0 unspecified atom stereocenters. The molecule has 2 N–H and O–H groups in total. The van der Waals surface area contributed by atoms with Crippen molar-refractivity contribution < 1.29 is 14.6 Å². The topological polar surface area (TPSA) is 83.8 Å². The first-order valence-electron chi connectivity index (χ1n) is 5.93. The summed E-state index contributed by atoms with van der Waals surface area (Å²) in [5.74, 6) is -0.143. The second kappa shape index (κ2) is 6.85. The lowest BCUT2D eigenvalue weighted by Gasteiger charge is -2.05. The zero-order chi connectivity index (χ0) is 15.2. The maximum atomic E-state index is 11.3. The van der Waals surface area contributed by atoms with Gasteiger partial charge >= 0.3 is 5.97 Å². The van der Waals surface area contributed by atoms with E-state index >= 15 is 0 Å². The first-order valence-corrected chi connectivity index (χ1v) is 6.72. The number of carboxylic acids is 1. The number of ether oxygens (including phenoxy) is 1. The SMILES string of the molecule is COc1cccc(/C(=N\Nc2ccc(Br)cn2)C(=O)O)c1. The van der Waals surface area contributed by atoms with Crippen molar-refractivity contribution in [3.05, 3.63) is 52.6 Å². The molecule has 2 rings (SSSR count). The first kappa shape index (κ1) is 15.0. The van der Waals surface area contributed by atoms with Crippen LogP contribution in [0.2, 0.25) is 0 Å². The molecule has 0 fully saturated rings. The summed E-state index contributed by atoms with van der Waals surface area (Å²) in [7, 11) is 1.51. The summed E-state index contributed by atoms with van der Waals surface area (Å²) in [6.45, 7) is 0. The van der Waals surface area contributed by atoms with Crippen LogP contribution in [0, 0.1) is 0 Å². The monoisotopic (exact) mass is 349 g/mol. The summed E-state index contributed by atoms with van der Waals surface area (Å²) in [5, 5.41) is 13.2. The highest BCUT2D eigenvalue weighted by Crippen LogP contribution is 2.14. The Morgan fingerprint density at radius 1 is 1.38 bits per heavy atom. The number of hydrazone groups is 1. The molecule has 0 bridgehead atoms. The minimum Gasteiger partial charge on any atom is -0.497 e. The van der Waals surface area contributed by atoms with E-state index in [0.717, 1.165) is 4.47 Å². The van der Waals surface area contributed by atoms with Crippen molar-refractivity contribution in [3.63, 3.8) is 0 Å². The fourth-order valence-electron chi connectivity index (χ4n) is 1.56. The molecule has 7 heteroatoms. The average molecular weight is 350 g/mol. The molecule has 0 saturated heterocycles. The molecule has 0 saturated carbocycles. The van der Waals surface area contributed by atoms with E-state index in [9.17, 15) is 9.90 Å². The maximum Gasteiger partial charge on any atom is 0.356 e. The number of nitrogens with one attached hydrogen (secondary N) is 1. The Balaban J connectivity index is 2.27. The number of hydrogen-bond acceptors (Lipinski definition) is 5. The van der Waals surface area contributed by atoms with Crippen LogP contribution in [0.3, 0.4) is 0 Å². The van der Waals surface area contributed by atoms with Crippen LogP contribution >= 0.6 is 15.9 Å². The largest absolute Gasteiger partial charge is 0.497 e. The Hall–Kier alpha value is -2.41. The van der Waals surface area contributed by atoms with E-state index < -0.39 is 5.97 Å². The van der Waals surface area contributed by atoms with Crippen LogP contribution in [0.4, 0.5) is 5.82 Å². The fourth-order valence-corrected chi connectivity index (χ4v) is 1.80. The second-order valence-electron chi connectivity index (χ2n) is 3.97. The molecule has 2 aromatic rings. The fraction of sp³-hybridized carbons (Fsp3) is 0.0714. The second-order valence-corrected chi connectivity index (χ2v) is 4.89. The Bertz CT molecular complexity index is 671. The van der Waals surface area contributed by atoms with Gasteiger partial charge in [-0.3, -0.25) is 5.43 Å². The molecule has 1 aromatic heterocycles. The number of pyridine rings is 1. The minimum atomic E-state index is -1.15. The van der Waals surface area contributed by atoms with Gasteiger partial charge in [-0.1, -0.05) is 12.1 Å². The van der Waals surface area contributed by atoms with Crippen molar-refractivity contribution >= 4 is 33.4 Å². The number of rotatable bonds is 5. The molecule has 0 atom stereocenters. The Labute approximate surface area is 129 Å². The van der Waals surface area contributed by atoms with Crippen molar-refractivity contribution in [2.75, 3.05) is 12.5 Å². The van der Waals surface area contributed by atoms with Gasteiger partial charge in [0.15, 0.2) is 5.71 Å². The third-order valence-corrected chi connectivity index (χ3v) is 3.02. The number of benzene rings is 1. The van der Waals surface area contributed by atoms with Crippen LogP contribution in [0.5, 0.6) is 5.75 Å².